The number of allylic oxidation sites excluding steroid dienone is 7. The van der Waals surface area contributed by atoms with Gasteiger partial charge in [0, 0.05) is 17.9 Å². The maximum absolute atomic E-state index is 13.2. The van der Waals surface area contributed by atoms with Crippen LogP contribution in [0.1, 0.15) is 65.2 Å². The summed E-state index contributed by atoms with van der Waals surface area (Å²) in [5.41, 5.74) is 7.28. The van der Waals surface area contributed by atoms with Crippen LogP contribution in [0.5, 0.6) is 0 Å². The molecule has 0 amide bonds. The Labute approximate surface area is 139 Å². The van der Waals surface area contributed by atoms with Crippen molar-refractivity contribution in [1.29, 1.82) is 0 Å². The van der Waals surface area contributed by atoms with Crippen LogP contribution in [0, 0.1) is 5.92 Å². The van der Waals surface area contributed by atoms with Crippen molar-refractivity contribution < 1.29 is 9.59 Å². The molecule has 0 aromatic carbocycles. The van der Waals surface area contributed by atoms with E-state index in [1.807, 2.05) is 6.92 Å². The van der Waals surface area contributed by atoms with E-state index in [-0.39, 0.29) is 17.5 Å². The average Bonchev–Trinajstić information content (AvgIpc) is 2.86. The zero-order valence-electron chi connectivity index (χ0n) is 14.3. The van der Waals surface area contributed by atoms with E-state index in [0.717, 1.165) is 36.0 Å². The van der Waals surface area contributed by atoms with E-state index in [0.29, 0.717) is 19.3 Å². The number of hydrogen-bond donors (Lipinski definition) is 0. The molecule has 2 nitrogen and oxygen atoms in total. The summed E-state index contributed by atoms with van der Waals surface area (Å²) in [6.07, 6.45) is 9.82. The summed E-state index contributed by atoms with van der Waals surface area (Å²) in [5, 5.41) is 0. The number of carbonyl (C=O) groups excluding carboxylic acids is 2. The van der Waals surface area contributed by atoms with E-state index in [1.54, 1.807) is 6.92 Å². The van der Waals surface area contributed by atoms with Crippen LogP contribution in [0.2, 0.25) is 0 Å². The Morgan fingerprint density at radius 2 is 2.00 bits per heavy atom. The van der Waals surface area contributed by atoms with Crippen LogP contribution < -0.4 is 0 Å². The van der Waals surface area contributed by atoms with Crippen LogP contribution in [0.3, 0.4) is 0 Å². The van der Waals surface area contributed by atoms with Gasteiger partial charge in [0.1, 0.15) is 5.78 Å². The van der Waals surface area contributed by atoms with Gasteiger partial charge in [0.05, 0.1) is 0 Å². The topological polar surface area (TPSA) is 34.1 Å². The quantitative estimate of drug-likeness (QED) is 0.668. The van der Waals surface area contributed by atoms with Crippen molar-refractivity contribution >= 4 is 11.6 Å². The molecule has 3 rings (SSSR count). The number of Topliss-reactive ketones (excluding diaryl/α,β-unsaturated/α-hetero) is 2. The third-order valence-corrected chi connectivity index (χ3v) is 5.30. The number of carbonyl (C=O) groups is 2. The number of ketones is 2. The highest BCUT2D eigenvalue weighted by molar-refractivity contribution is 6.06. The van der Waals surface area contributed by atoms with Gasteiger partial charge in [-0.15, -0.1) is 6.58 Å². The molecule has 0 saturated heterocycles. The molecule has 0 aromatic heterocycles. The maximum atomic E-state index is 13.2. The van der Waals surface area contributed by atoms with Crippen molar-refractivity contribution in [2.75, 3.05) is 0 Å². The average molecular weight is 310 g/mol. The minimum absolute atomic E-state index is 0.0978. The Morgan fingerprint density at radius 1 is 1.26 bits per heavy atom. The van der Waals surface area contributed by atoms with Gasteiger partial charge in [-0.2, -0.15) is 0 Å². The van der Waals surface area contributed by atoms with Crippen molar-refractivity contribution in [2.45, 2.75) is 65.2 Å². The lowest BCUT2D eigenvalue weighted by molar-refractivity contribution is -0.119. The van der Waals surface area contributed by atoms with E-state index < -0.39 is 0 Å². The number of fused-ring (bicyclic) bond motifs is 1. The fourth-order valence-electron chi connectivity index (χ4n) is 4.21. The molecular weight excluding hydrogens is 284 g/mol. The maximum Gasteiger partial charge on any atom is 0.170 e. The van der Waals surface area contributed by atoms with Gasteiger partial charge in [-0.1, -0.05) is 22.8 Å². The third-order valence-electron chi connectivity index (χ3n) is 5.30. The van der Waals surface area contributed by atoms with Gasteiger partial charge < -0.3 is 4.79 Å². The minimum Gasteiger partial charge on any atom is -0.300 e. The van der Waals surface area contributed by atoms with Crippen molar-refractivity contribution in [3.8, 4) is 0 Å². The van der Waals surface area contributed by atoms with Gasteiger partial charge in [0.25, 0.3) is 0 Å². The summed E-state index contributed by atoms with van der Waals surface area (Å²) >= 11 is 0. The zero-order chi connectivity index (χ0) is 16.6. The van der Waals surface area contributed by atoms with Gasteiger partial charge in [-0.3, -0.25) is 4.79 Å². The molecule has 3 aliphatic carbocycles. The van der Waals surface area contributed by atoms with E-state index in [9.17, 15) is 9.59 Å². The molecule has 0 saturated carbocycles. The van der Waals surface area contributed by atoms with Crippen LogP contribution in [0.4, 0.5) is 0 Å². The van der Waals surface area contributed by atoms with E-state index in [2.05, 4.69) is 12.7 Å². The molecule has 0 radical (unpaired) electrons. The van der Waals surface area contributed by atoms with E-state index in [4.69, 9.17) is 0 Å². The standard InChI is InChI=1S/C21H26O2/c1-13(2)10-19-16(9-8-14(3)22)12-17-11-15-6-4-5-7-18(15)20(17)21(19)23/h12,19H,1,4-11H2,2-3H3. The monoisotopic (exact) mass is 310 g/mol. The number of hydrogen-bond acceptors (Lipinski definition) is 2. The molecule has 0 bridgehead atoms. The Bertz CT molecular complexity index is 670. The first-order valence-corrected chi connectivity index (χ1v) is 8.80. The molecule has 0 N–H and O–H groups in total. The van der Waals surface area contributed by atoms with Crippen molar-refractivity contribution in [3.05, 3.63) is 46.1 Å². The molecule has 0 aliphatic heterocycles. The van der Waals surface area contributed by atoms with Crippen molar-refractivity contribution in [3.63, 3.8) is 0 Å². The Balaban J connectivity index is 1.94. The molecule has 3 aliphatic rings. The predicted octanol–water partition coefficient (Wildman–Crippen LogP) is 5.02. The highest BCUT2D eigenvalue weighted by Gasteiger charge is 2.37. The second-order valence-electron chi connectivity index (χ2n) is 7.37. The Hall–Kier alpha value is -1.70. The fraction of sp³-hybridized carbons (Fsp3) is 0.524. The molecule has 0 spiro atoms. The zero-order valence-corrected chi connectivity index (χ0v) is 14.3. The first-order valence-electron chi connectivity index (χ1n) is 8.80. The van der Waals surface area contributed by atoms with Crippen LogP contribution >= 0.6 is 0 Å². The summed E-state index contributed by atoms with van der Waals surface area (Å²) in [6.45, 7) is 7.62. The molecule has 122 valence electrons. The third kappa shape index (κ3) is 3.17. The molecular formula is C21H26O2. The highest BCUT2D eigenvalue weighted by Crippen LogP contribution is 2.47. The lowest BCUT2D eigenvalue weighted by atomic mass is 9.76. The normalized spacial score (nSPS) is 23.7. The summed E-state index contributed by atoms with van der Waals surface area (Å²) in [7, 11) is 0. The second kappa shape index (κ2) is 6.43. The molecule has 1 unspecified atom stereocenters. The van der Waals surface area contributed by atoms with Crippen LogP contribution in [0.15, 0.2) is 46.1 Å². The van der Waals surface area contributed by atoms with Gasteiger partial charge in [-0.25, -0.2) is 0 Å². The van der Waals surface area contributed by atoms with Crippen LogP contribution in [-0.4, -0.2) is 11.6 Å². The molecule has 0 aromatic rings. The van der Waals surface area contributed by atoms with Crippen molar-refractivity contribution in [2.24, 2.45) is 5.92 Å². The molecule has 0 fully saturated rings. The minimum atomic E-state index is -0.0978. The van der Waals surface area contributed by atoms with Crippen LogP contribution in [0.25, 0.3) is 0 Å². The summed E-state index contributed by atoms with van der Waals surface area (Å²) < 4.78 is 0. The highest BCUT2D eigenvalue weighted by atomic mass is 16.1. The van der Waals surface area contributed by atoms with E-state index >= 15 is 0 Å². The molecule has 2 heteroatoms. The predicted molar refractivity (Wildman–Crippen MR) is 93.1 cm³/mol. The summed E-state index contributed by atoms with van der Waals surface area (Å²) in [4.78, 5) is 24.6. The Morgan fingerprint density at radius 3 is 2.70 bits per heavy atom. The molecule has 0 heterocycles. The lowest BCUT2D eigenvalue weighted by Gasteiger charge is -2.26. The SMILES string of the molecule is C=C(C)CC1C(=O)C2=C(C=C1CCC(C)=O)CC1=C2CCCC1. The van der Waals surface area contributed by atoms with Gasteiger partial charge in [-0.05, 0) is 69.9 Å². The summed E-state index contributed by atoms with van der Waals surface area (Å²) in [5.74, 6) is 0.381. The Kier molecular flexibility index (Phi) is 4.52. The van der Waals surface area contributed by atoms with Gasteiger partial charge >= 0.3 is 0 Å². The summed E-state index contributed by atoms with van der Waals surface area (Å²) in [6, 6.07) is 0. The first-order chi connectivity index (χ1) is 11.0. The van der Waals surface area contributed by atoms with E-state index in [1.165, 1.54) is 29.6 Å². The largest absolute Gasteiger partial charge is 0.300 e. The van der Waals surface area contributed by atoms with Crippen molar-refractivity contribution in [1.82, 2.24) is 0 Å². The second-order valence-corrected chi connectivity index (χ2v) is 7.37. The smallest absolute Gasteiger partial charge is 0.170 e. The molecule has 1 atom stereocenters. The lowest BCUT2D eigenvalue weighted by Crippen LogP contribution is -2.24. The van der Waals surface area contributed by atoms with Gasteiger partial charge in [0.2, 0.25) is 0 Å². The van der Waals surface area contributed by atoms with Crippen LogP contribution in [-0.2, 0) is 9.59 Å². The fourth-order valence-corrected chi connectivity index (χ4v) is 4.21. The first kappa shape index (κ1) is 16.2. The number of rotatable bonds is 5. The molecule has 23 heavy (non-hydrogen) atoms. The van der Waals surface area contributed by atoms with Gasteiger partial charge in [0.15, 0.2) is 5.78 Å².